The van der Waals surface area contributed by atoms with Gasteiger partial charge in [0.2, 0.25) is 11.8 Å². The first-order chi connectivity index (χ1) is 23.9. The second kappa shape index (κ2) is 16.1. The van der Waals surface area contributed by atoms with E-state index in [0.717, 1.165) is 37.5 Å². The molecule has 3 N–H and O–H groups in total. The lowest BCUT2D eigenvalue weighted by atomic mass is 9.93. The fraction of sp³-hybridized carbons (Fsp3) is 0.545. The number of carbonyl (C=O) groups excluding carboxylic acids is 5. The zero-order valence-electron chi connectivity index (χ0n) is 27.6. The second-order valence-corrected chi connectivity index (χ2v) is 12.4. The van der Waals surface area contributed by atoms with Gasteiger partial charge in [0.1, 0.15) is 23.5 Å². The number of piperazine rings is 1. The monoisotopic (exact) mass is 702 g/mol. The number of carboxylic acids is 1. The number of pyridine rings is 1. The van der Waals surface area contributed by atoms with Gasteiger partial charge in [-0.2, -0.15) is 0 Å². The number of amides is 5. The second-order valence-electron chi connectivity index (χ2n) is 12.4. The van der Waals surface area contributed by atoms with Gasteiger partial charge in [0.05, 0.1) is 12.1 Å². The fourth-order valence-corrected chi connectivity index (χ4v) is 6.14. The lowest BCUT2D eigenvalue weighted by molar-refractivity contribution is -0.140. The number of nitrogens with zero attached hydrogens (tertiary/aromatic N) is 4. The molecule has 0 bridgehead atoms. The first-order valence-corrected chi connectivity index (χ1v) is 16.7. The average molecular weight is 703 g/mol. The van der Waals surface area contributed by atoms with Crippen LogP contribution < -0.4 is 15.4 Å². The number of hydrogen-bond acceptors (Lipinski definition) is 9. The van der Waals surface area contributed by atoms with E-state index in [9.17, 15) is 42.7 Å². The Morgan fingerprint density at radius 1 is 0.960 bits per heavy atom. The molecule has 1 aliphatic carbocycles. The Morgan fingerprint density at radius 3 is 2.32 bits per heavy atom. The van der Waals surface area contributed by atoms with E-state index in [-0.39, 0.29) is 73.5 Å². The molecule has 17 heteroatoms. The number of carboxylic acid groups (broad SMARTS) is 1. The van der Waals surface area contributed by atoms with Gasteiger partial charge in [0, 0.05) is 62.7 Å². The first kappa shape index (κ1) is 36.2. The van der Waals surface area contributed by atoms with Crippen LogP contribution in [0.3, 0.4) is 0 Å². The number of hydrogen-bond donors (Lipinski definition) is 3. The Bertz CT molecular complexity index is 1650. The number of benzene rings is 1. The molecule has 50 heavy (non-hydrogen) atoms. The lowest BCUT2D eigenvalue weighted by Gasteiger charge is -2.35. The largest absolute Gasteiger partial charge is 0.483 e. The van der Waals surface area contributed by atoms with Gasteiger partial charge in [-0.3, -0.25) is 24.0 Å². The summed E-state index contributed by atoms with van der Waals surface area (Å²) in [5.41, 5.74) is -0.549. The summed E-state index contributed by atoms with van der Waals surface area (Å²) in [5, 5.41) is 14.7. The number of fused-ring (bicyclic) bond motifs is 1. The number of likely N-dealkylation sites (tertiary alicyclic amines) is 1. The molecule has 270 valence electrons. The smallest absolute Gasteiger partial charge is 0.409 e. The van der Waals surface area contributed by atoms with Gasteiger partial charge in [-0.25, -0.2) is 18.6 Å². The Balaban J connectivity index is 1.32. The summed E-state index contributed by atoms with van der Waals surface area (Å²) in [6.45, 7) is 2.17. The molecule has 3 heterocycles. The highest BCUT2D eigenvalue weighted by Gasteiger charge is 2.36. The SMILES string of the molecule is CCOC(=O)N1CCN(C(=O)C(CCC(=O)O)NC(=O)c2cc(OCC(=O)N3CCCC3C(=O)NC3CCC3)c3cc(F)c(F)cc3n2)CC1. The van der Waals surface area contributed by atoms with Crippen molar-refractivity contribution >= 4 is 46.6 Å². The molecule has 5 rings (SSSR count). The van der Waals surface area contributed by atoms with Gasteiger partial charge >= 0.3 is 12.1 Å². The molecule has 3 aliphatic rings. The number of halogens is 2. The van der Waals surface area contributed by atoms with Gasteiger partial charge < -0.3 is 39.9 Å². The zero-order valence-corrected chi connectivity index (χ0v) is 27.6. The van der Waals surface area contributed by atoms with E-state index < -0.39 is 66.5 Å². The van der Waals surface area contributed by atoms with E-state index in [4.69, 9.17) is 9.47 Å². The molecule has 2 aliphatic heterocycles. The predicted molar refractivity (Wildman–Crippen MR) is 171 cm³/mol. The summed E-state index contributed by atoms with van der Waals surface area (Å²) < 4.78 is 39.4. The summed E-state index contributed by atoms with van der Waals surface area (Å²) in [4.78, 5) is 84.9. The minimum absolute atomic E-state index is 0.0353. The van der Waals surface area contributed by atoms with E-state index in [1.807, 2.05) is 0 Å². The minimum atomic E-state index is -1.31. The van der Waals surface area contributed by atoms with Crippen molar-refractivity contribution in [1.82, 2.24) is 30.3 Å². The quantitative estimate of drug-likeness (QED) is 0.295. The zero-order chi connectivity index (χ0) is 35.9. The highest BCUT2D eigenvalue weighted by Crippen LogP contribution is 2.29. The Morgan fingerprint density at radius 2 is 1.66 bits per heavy atom. The molecular weight excluding hydrogens is 662 g/mol. The van der Waals surface area contributed by atoms with Crippen LogP contribution in [0.4, 0.5) is 13.6 Å². The van der Waals surface area contributed by atoms with Crippen LogP contribution in [-0.2, 0) is 23.9 Å². The standard InChI is InChI=1S/C33H40F2N6O9/c1-2-49-33(48)40-13-11-39(12-14-40)32(47)23(8-9-29(43)44)38-30(45)25-17-27(20-15-21(34)22(35)16-24(20)37-25)50-18-28(42)41-10-4-7-26(41)31(46)36-19-5-3-6-19/h15-17,19,23,26H,2-14,18H2,1H3,(H,36,46)(H,38,45)(H,43,44). The van der Waals surface area contributed by atoms with Gasteiger partial charge in [0.25, 0.3) is 11.8 Å². The van der Waals surface area contributed by atoms with Gasteiger partial charge in [-0.15, -0.1) is 0 Å². The summed E-state index contributed by atoms with van der Waals surface area (Å²) in [5.74, 6) is -6.12. The highest BCUT2D eigenvalue weighted by atomic mass is 19.2. The van der Waals surface area contributed by atoms with Crippen LogP contribution in [0.15, 0.2) is 18.2 Å². The van der Waals surface area contributed by atoms with Crippen molar-refractivity contribution in [3.63, 3.8) is 0 Å². The summed E-state index contributed by atoms with van der Waals surface area (Å²) in [6.07, 6.45) is 2.66. The van der Waals surface area contributed by atoms with E-state index in [1.54, 1.807) is 6.92 Å². The van der Waals surface area contributed by atoms with Gasteiger partial charge in [0.15, 0.2) is 18.2 Å². The molecule has 5 amide bonds. The minimum Gasteiger partial charge on any atom is -0.483 e. The maximum Gasteiger partial charge on any atom is 0.409 e. The molecule has 15 nitrogen and oxygen atoms in total. The fourth-order valence-electron chi connectivity index (χ4n) is 6.14. The van der Waals surface area contributed by atoms with Crippen molar-refractivity contribution in [2.24, 2.45) is 0 Å². The highest BCUT2D eigenvalue weighted by molar-refractivity contribution is 5.99. The number of carbonyl (C=O) groups is 6. The number of ether oxygens (including phenoxy) is 2. The maximum absolute atomic E-state index is 14.3. The number of nitrogens with one attached hydrogen (secondary N) is 2. The molecule has 0 radical (unpaired) electrons. The normalized spacial score (nSPS) is 18.3. The molecule has 2 unspecified atom stereocenters. The topological polar surface area (TPSA) is 188 Å². The maximum atomic E-state index is 14.3. The van der Waals surface area contributed by atoms with Crippen molar-refractivity contribution < 1.29 is 52.1 Å². The number of aromatic nitrogens is 1. The lowest BCUT2D eigenvalue weighted by Crippen LogP contribution is -2.56. The van der Waals surface area contributed by atoms with Crippen LogP contribution in [0.1, 0.15) is 62.4 Å². The van der Waals surface area contributed by atoms with E-state index in [1.165, 1.54) is 14.7 Å². The molecule has 2 atom stereocenters. The molecule has 1 saturated carbocycles. The van der Waals surface area contributed by atoms with Crippen LogP contribution in [0.2, 0.25) is 0 Å². The molecular formula is C33H40F2N6O9. The predicted octanol–water partition coefficient (Wildman–Crippen LogP) is 1.82. The van der Waals surface area contributed by atoms with Crippen LogP contribution >= 0.6 is 0 Å². The molecule has 3 fully saturated rings. The summed E-state index contributed by atoms with van der Waals surface area (Å²) in [6, 6.07) is 0.817. The van der Waals surface area contributed by atoms with Gasteiger partial charge in [-0.1, -0.05) is 0 Å². The first-order valence-electron chi connectivity index (χ1n) is 16.7. The summed E-state index contributed by atoms with van der Waals surface area (Å²) in [7, 11) is 0. The molecule has 2 aromatic rings. The number of rotatable bonds is 12. The van der Waals surface area contributed by atoms with Crippen LogP contribution in [-0.4, -0.2) is 125 Å². The Kier molecular flexibility index (Phi) is 11.6. The average Bonchev–Trinajstić information content (AvgIpc) is 3.58. The van der Waals surface area contributed by atoms with Crippen molar-refractivity contribution in [3.05, 3.63) is 35.5 Å². The third-order valence-electron chi connectivity index (χ3n) is 9.09. The molecule has 2 saturated heterocycles. The van der Waals surface area contributed by atoms with Crippen LogP contribution in [0.5, 0.6) is 5.75 Å². The third kappa shape index (κ3) is 8.55. The summed E-state index contributed by atoms with van der Waals surface area (Å²) >= 11 is 0. The van der Waals surface area contributed by atoms with Crippen LogP contribution in [0, 0.1) is 11.6 Å². The molecule has 0 spiro atoms. The van der Waals surface area contributed by atoms with Crippen molar-refractivity contribution in [1.29, 1.82) is 0 Å². The Labute approximate surface area is 286 Å². The van der Waals surface area contributed by atoms with Crippen molar-refractivity contribution in [2.45, 2.75) is 70.0 Å². The van der Waals surface area contributed by atoms with E-state index in [0.29, 0.717) is 19.4 Å². The van der Waals surface area contributed by atoms with Gasteiger partial charge in [-0.05, 0) is 51.5 Å². The van der Waals surface area contributed by atoms with Crippen molar-refractivity contribution in [3.8, 4) is 5.75 Å². The molecule has 1 aromatic carbocycles. The van der Waals surface area contributed by atoms with Crippen LogP contribution in [0.25, 0.3) is 10.9 Å². The van der Waals surface area contributed by atoms with Crippen molar-refractivity contribution in [2.75, 3.05) is 45.9 Å². The molecule has 1 aromatic heterocycles. The van der Waals surface area contributed by atoms with E-state index in [2.05, 4.69) is 15.6 Å². The number of aliphatic carboxylic acids is 1. The van der Waals surface area contributed by atoms with E-state index >= 15 is 0 Å². The third-order valence-corrected chi connectivity index (χ3v) is 9.09. The Hall–Kier alpha value is -5.09.